The maximum Gasteiger partial charge on any atom is 0.120 e. The smallest absolute Gasteiger partial charge is 0.120 e. The Kier molecular flexibility index (Phi) is 2.48. The van der Waals surface area contributed by atoms with Gasteiger partial charge >= 0.3 is 0 Å². The van der Waals surface area contributed by atoms with Crippen LogP contribution in [-0.4, -0.2) is 12.1 Å². The second kappa shape index (κ2) is 3.63. The summed E-state index contributed by atoms with van der Waals surface area (Å²) in [6.45, 7) is 0.527. The first-order chi connectivity index (χ1) is 6.76. The first-order valence-electron chi connectivity index (χ1n) is 4.30. The van der Waals surface area contributed by atoms with Crippen molar-refractivity contribution in [3.05, 3.63) is 28.4 Å². The number of rotatable bonds is 2. The Balaban J connectivity index is 2.73. The summed E-state index contributed by atoms with van der Waals surface area (Å²) in [4.78, 5) is 3.18. The largest absolute Gasteiger partial charge is 0.497 e. The Bertz CT molecular complexity index is 464. The van der Waals surface area contributed by atoms with Crippen molar-refractivity contribution in [3.8, 4) is 5.75 Å². The van der Waals surface area contributed by atoms with Gasteiger partial charge in [0.25, 0.3) is 0 Å². The van der Waals surface area contributed by atoms with Gasteiger partial charge in [0.15, 0.2) is 0 Å². The van der Waals surface area contributed by atoms with E-state index >= 15 is 0 Å². The summed E-state index contributed by atoms with van der Waals surface area (Å²) < 4.78 is 6.18. The molecule has 0 atom stereocenters. The molecule has 4 heteroatoms. The Labute approximate surface area is 90.4 Å². The predicted octanol–water partition coefficient (Wildman–Crippen LogP) is 2.40. The number of hydrogen-bond donors (Lipinski definition) is 2. The van der Waals surface area contributed by atoms with E-state index in [0.717, 1.165) is 26.7 Å². The number of nitrogens with one attached hydrogen (secondary N) is 1. The zero-order valence-electron chi connectivity index (χ0n) is 7.80. The fourth-order valence-electron chi connectivity index (χ4n) is 1.51. The average Bonchev–Trinajstić information content (AvgIpc) is 2.61. The molecule has 1 aromatic heterocycles. The Morgan fingerprint density at radius 3 is 2.93 bits per heavy atom. The summed E-state index contributed by atoms with van der Waals surface area (Å²) in [5.74, 6) is 0.832. The van der Waals surface area contributed by atoms with Crippen LogP contribution in [0, 0.1) is 0 Å². The van der Waals surface area contributed by atoms with Crippen LogP contribution in [0.5, 0.6) is 5.75 Å². The minimum atomic E-state index is 0.527. The van der Waals surface area contributed by atoms with E-state index in [-0.39, 0.29) is 0 Å². The Hall–Kier alpha value is -1.00. The molecule has 0 unspecified atom stereocenters. The molecule has 0 radical (unpaired) electrons. The Morgan fingerprint density at radius 2 is 2.29 bits per heavy atom. The molecule has 0 aliphatic heterocycles. The number of methoxy groups -OCH3 is 1. The van der Waals surface area contributed by atoms with Gasteiger partial charge in [0, 0.05) is 22.6 Å². The molecular weight excluding hydrogens is 244 g/mol. The molecule has 0 spiro atoms. The fourth-order valence-corrected chi connectivity index (χ4v) is 2.06. The number of aromatic amines is 1. The number of ether oxygens (including phenoxy) is 1. The molecule has 3 nitrogen and oxygen atoms in total. The molecule has 1 heterocycles. The zero-order valence-corrected chi connectivity index (χ0v) is 9.39. The standard InChI is InChI=1S/C10H11BrN2O/c1-14-7-2-8-6(4-12)5-13-10(8)9(11)3-7/h2-3,5,13H,4,12H2,1H3. The quantitative estimate of drug-likeness (QED) is 0.865. The maximum absolute atomic E-state index is 5.63. The molecule has 3 N–H and O–H groups in total. The number of H-pyrrole nitrogens is 1. The lowest BCUT2D eigenvalue weighted by atomic mass is 10.1. The second-order valence-electron chi connectivity index (χ2n) is 3.05. The summed E-state index contributed by atoms with van der Waals surface area (Å²) in [7, 11) is 1.66. The van der Waals surface area contributed by atoms with Gasteiger partial charge in [-0.25, -0.2) is 0 Å². The van der Waals surface area contributed by atoms with E-state index in [0.29, 0.717) is 6.54 Å². The van der Waals surface area contributed by atoms with Crippen LogP contribution in [-0.2, 0) is 6.54 Å². The molecule has 0 amide bonds. The van der Waals surface area contributed by atoms with Gasteiger partial charge in [0.2, 0.25) is 0 Å². The molecule has 0 fully saturated rings. The SMILES string of the molecule is COc1cc(Br)c2[nH]cc(CN)c2c1. The number of hydrogen-bond acceptors (Lipinski definition) is 2. The van der Waals surface area contributed by atoms with Crippen LogP contribution < -0.4 is 10.5 Å². The molecule has 14 heavy (non-hydrogen) atoms. The van der Waals surface area contributed by atoms with Crippen LogP contribution >= 0.6 is 15.9 Å². The molecular formula is C10H11BrN2O. The number of aromatic nitrogens is 1. The van der Waals surface area contributed by atoms with Crippen LogP contribution in [0.1, 0.15) is 5.56 Å². The molecule has 0 aliphatic rings. The number of nitrogens with two attached hydrogens (primary N) is 1. The van der Waals surface area contributed by atoms with E-state index in [2.05, 4.69) is 20.9 Å². The van der Waals surface area contributed by atoms with E-state index in [4.69, 9.17) is 10.5 Å². The summed E-state index contributed by atoms with van der Waals surface area (Å²) in [6.07, 6.45) is 1.93. The lowest BCUT2D eigenvalue weighted by molar-refractivity contribution is 0.415. The van der Waals surface area contributed by atoms with E-state index in [1.807, 2.05) is 18.3 Å². The minimum absolute atomic E-state index is 0.527. The van der Waals surface area contributed by atoms with Gasteiger partial charge in [-0.15, -0.1) is 0 Å². The molecule has 0 bridgehead atoms. The highest BCUT2D eigenvalue weighted by molar-refractivity contribution is 9.10. The highest BCUT2D eigenvalue weighted by Gasteiger charge is 2.07. The minimum Gasteiger partial charge on any atom is -0.497 e. The van der Waals surface area contributed by atoms with Crippen molar-refractivity contribution < 1.29 is 4.74 Å². The van der Waals surface area contributed by atoms with Crippen molar-refractivity contribution in [2.24, 2.45) is 5.73 Å². The van der Waals surface area contributed by atoms with Crippen LogP contribution in [0.15, 0.2) is 22.8 Å². The van der Waals surface area contributed by atoms with Crippen LogP contribution in [0.25, 0.3) is 10.9 Å². The highest BCUT2D eigenvalue weighted by atomic mass is 79.9. The summed E-state index contributed by atoms with van der Waals surface area (Å²) >= 11 is 3.48. The molecule has 2 rings (SSSR count). The maximum atomic E-state index is 5.63. The predicted molar refractivity (Wildman–Crippen MR) is 60.4 cm³/mol. The normalized spacial score (nSPS) is 10.8. The van der Waals surface area contributed by atoms with Gasteiger partial charge in [-0.05, 0) is 33.6 Å². The van der Waals surface area contributed by atoms with Gasteiger partial charge in [0.1, 0.15) is 5.75 Å². The van der Waals surface area contributed by atoms with Gasteiger partial charge in [0.05, 0.1) is 12.6 Å². The average molecular weight is 255 g/mol. The third-order valence-corrected chi connectivity index (χ3v) is 2.88. The zero-order chi connectivity index (χ0) is 10.1. The summed E-state index contributed by atoms with van der Waals surface area (Å²) in [5, 5.41) is 1.11. The summed E-state index contributed by atoms with van der Waals surface area (Å²) in [5.41, 5.74) is 7.78. The number of halogens is 1. The van der Waals surface area contributed by atoms with Crippen molar-refractivity contribution >= 4 is 26.8 Å². The van der Waals surface area contributed by atoms with E-state index in [1.54, 1.807) is 7.11 Å². The topological polar surface area (TPSA) is 51.0 Å². The van der Waals surface area contributed by atoms with E-state index < -0.39 is 0 Å². The lowest BCUT2D eigenvalue weighted by Crippen LogP contribution is -1.94. The third kappa shape index (κ3) is 1.40. The molecule has 2 aromatic rings. The van der Waals surface area contributed by atoms with Crippen molar-refractivity contribution in [2.45, 2.75) is 6.54 Å². The third-order valence-electron chi connectivity index (χ3n) is 2.26. The molecule has 0 saturated carbocycles. The van der Waals surface area contributed by atoms with Crippen molar-refractivity contribution in [3.63, 3.8) is 0 Å². The molecule has 1 aromatic carbocycles. The van der Waals surface area contributed by atoms with Crippen molar-refractivity contribution in [1.29, 1.82) is 0 Å². The molecule has 0 saturated heterocycles. The van der Waals surface area contributed by atoms with E-state index in [1.165, 1.54) is 0 Å². The van der Waals surface area contributed by atoms with Gasteiger partial charge < -0.3 is 15.5 Å². The summed E-state index contributed by atoms with van der Waals surface area (Å²) in [6, 6.07) is 3.91. The highest BCUT2D eigenvalue weighted by Crippen LogP contribution is 2.30. The van der Waals surface area contributed by atoms with Gasteiger partial charge in [-0.3, -0.25) is 0 Å². The van der Waals surface area contributed by atoms with Crippen molar-refractivity contribution in [2.75, 3.05) is 7.11 Å². The second-order valence-corrected chi connectivity index (χ2v) is 3.90. The molecule has 74 valence electrons. The fraction of sp³-hybridized carbons (Fsp3) is 0.200. The van der Waals surface area contributed by atoms with Gasteiger partial charge in [-0.1, -0.05) is 0 Å². The Morgan fingerprint density at radius 1 is 1.50 bits per heavy atom. The van der Waals surface area contributed by atoms with E-state index in [9.17, 15) is 0 Å². The van der Waals surface area contributed by atoms with Crippen LogP contribution in [0.3, 0.4) is 0 Å². The number of fused-ring (bicyclic) bond motifs is 1. The van der Waals surface area contributed by atoms with Crippen molar-refractivity contribution in [1.82, 2.24) is 4.98 Å². The molecule has 0 aliphatic carbocycles. The van der Waals surface area contributed by atoms with Crippen LogP contribution in [0.4, 0.5) is 0 Å². The number of benzene rings is 1. The first kappa shape index (κ1) is 9.55. The first-order valence-corrected chi connectivity index (χ1v) is 5.09. The monoisotopic (exact) mass is 254 g/mol. The van der Waals surface area contributed by atoms with Gasteiger partial charge in [-0.2, -0.15) is 0 Å². The lowest BCUT2D eigenvalue weighted by Gasteiger charge is -2.02. The van der Waals surface area contributed by atoms with Crippen LogP contribution in [0.2, 0.25) is 0 Å².